The topological polar surface area (TPSA) is 12.0 Å². The van der Waals surface area contributed by atoms with Gasteiger partial charge in [-0.3, -0.25) is 0 Å². The lowest BCUT2D eigenvalue weighted by Crippen LogP contribution is -2.28. The summed E-state index contributed by atoms with van der Waals surface area (Å²) in [5.41, 5.74) is 0.272. The van der Waals surface area contributed by atoms with E-state index in [2.05, 4.69) is 5.32 Å². The predicted octanol–water partition coefficient (Wildman–Crippen LogP) is 2.98. The second-order valence-corrected chi connectivity index (χ2v) is 3.75. The zero-order valence-electron chi connectivity index (χ0n) is 14.1. The Kier molecular flexibility index (Phi) is 1.40. The van der Waals surface area contributed by atoms with Gasteiger partial charge in [0.05, 0.1) is 0 Å². The summed E-state index contributed by atoms with van der Waals surface area (Å²) in [6.07, 6.45) is -2.17. The van der Waals surface area contributed by atoms with Gasteiger partial charge in [-0.2, -0.15) is 0 Å². The Morgan fingerprint density at radius 1 is 1.57 bits per heavy atom. The van der Waals surface area contributed by atoms with E-state index in [4.69, 9.17) is 19.8 Å². The zero-order valence-corrected chi connectivity index (χ0v) is 8.87. The van der Waals surface area contributed by atoms with Crippen LogP contribution >= 0.6 is 11.6 Å². The maximum Gasteiger partial charge on any atom is 0.0465 e. The van der Waals surface area contributed by atoms with Gasteiger partial charge in [-0.25, -0.2) is 0 Å². The van der Waals surface area contributed by atoms with Crippen molar-refractivity contribution in [2.24, 2.45) is 0 Å². The van der Waals surface area contributed by atoms with E-state index in [1.807, 2.05) is 0 Å². The molecule has 1 aromatic rings. The van der Waals surface area contributed by atoms with Crippen molar-refractivity contribution in [2.45, 2.75) is 32.1 Å². The molecule has 0 bridgehead atoms. The smallest absolute Gasteiger partial charge is 0.0465 e. The molecule has 2 rings (SSSR count). The molecule has 14 heavy (non-hydrogen) atoms. The van der Waals surface area contributed by atoms with Gasteiger partial charge >= 0.3 is 0 Å². The van der Waals surface area contributed by atoms with Crippen LogP contribution in [0.15, 0.2) is 18.2 Å². The van der Waals surface area contributed by atoms with Crippen molar-refractivity contribution < 1.29 is 8.22 Å². The van der Waals surface area contributed by atoms with Crippen molar-refractivity contribution in [2.75, 3.05) is 6.50 Å². The number of hydrogen-bond acceptors (Lipinski definition) is 1. The Labute approximate surface area is 98.9 Å². The molecule has 0 radical (unpaired) electrons. The highest BCUT2D eigenvalue weighted by atomic mass is 35.5. The normalized spacial score (nSPS) is 50.8. The molecular weight excluding hydrogens is 194 g/mol. The average Bonchev–Trinajstić information content (AvgIpc) is 2.28. The summed E-state index contributed by atoms with van der Waals surface area (Å²) in [7, 11) is 0. The zero-order chi connectivity index (χ0) is 15.6. The van der Waals surface area contributed by atoms with Gasteiger partial charge in [-0.15, -0.1) is 0 Å². The first-order valence-corrected chi connectivity index (χ1v) is 4.80. The summed E-state index contributed by atoms with van der Waals surface area (Å²) >= 11 is 5.92. The van der Waals surface area contributed by atoms with Gasteiger partial charge in [0.2, 0.25) is 0 Å². The van der Waals surface area contributed by atoms with Crippen molar-refractivity contribution in [1.29, 1.82) is 0 Å². The van der Waals surface area contributed by atoms with Crippen LogP contribution in [0.25, 0.3) is 0 Å². The lowest BCUT2D eigenvalue weighted by molar-refractivity contribution is 0.541. The Balaban J connectivity index is 2.85. The molecule has 0 amide bonds. The first kappa shape index (κ1) is 5.00. The van der Waals surface area contributed by atoms with Crippen LogP contribution in [0.2, 0.25) is 5.02 Å². The molecule has 0 aromatic heterocycles. The molecular formula is C12H16ClN. The molecule has 0 fully saturated rings. The monoisotopic (exact) mass is 215 g/mol. The third-order valence-electron chi connectivity index (χ3n) is 2.15. The minimum Gasteiger partial charge on any atom is -0.313 e. The van der Waals surface area contributed by atoms with Crippen LogP contribution in [0.3, 0.4) is 0 Å². The van der Waals surface area contributed by atoms with Crippen LogP contribution < -0.4 is 5.32 Å². The van der Waals surface area contributed by atoms with E-state index in [0.29, 0.717) is 5.02 Å². The van der Waals surface area contributed by atoms with Crippen molar-refractivity contribution >= 4 is 11.6 Å². The van der Waals surface area contributed by atoms with Crippen molar-refractivity contribution in [3.63, 3.8) is 0 Å². The molecule has 0 saturated heterocycles. The SMILES string of the molecule is [2H]C1(C)NC([2H])([2H])[C@]([2H])(C)c2cc(Cl)ccc2C1([2H])[2H]. The second-order valence-electron chi connectivity index (χ2n) is 3.31. The molecule has 2 atom stereocenters. The van der Waals surface area contributed by atoms with Gasteiger partial charge in [0.1, 0.15) is 0 Å². The maximum atomic E-state index is 8.35. The molecule has 76 valence electrons. The first-order chi connectivity index (χ1) is 8.83. The summed E-state index contributed by atoms with van der Waals surface area (Å²) in [6.45, 7) is 0.337. The quantitative estimate of drug-likeness (QED) is 0.702. The lowest BCUT2D eigenvalue weighted by atomic mass is 9.95. The minimum absolute atomic E-state index is 0.116. The molecule has 0 spiro atoms. The molecule has 1 heterocycles. The Morgan fingerprint density at radius 2 is 2.36 bits per heavy atom. The molecule has 0 aliphatic carbocycles. The van der Waals surface area contributed by atoms with E-state index in [9.17, 15) is 0 Å². The van der Waals surface area contributed by atoms with Gasteiger partial charge in [0, 0.05) is 25.8 Å². The summed E-state index contributed by atoms with van der Waals surface area (Å²) in [4.78, 5) is 0. The number of hydrogen-bond donors (Lipinski definition) is 1. The van der Waals surface area contributed by atoms with Gasteiger partial charge in [-0.05, 0) is 42.5 Å². The van der Waals surface area contributed by atoms with Crippen LogP contribution in [-0.2, 0) is 6.37 Å². The Morgan fingerprint density at radius 3 is 3.14 bits per heavy atom. The second kappa shape index (κ2) is 3.92. The van der Waals surface area contributed by atoms with Crippen molar-refractivity contribution in [3.05, 3.63) is 34.3 Å². The van der Waals surface area contributed by atoms with E-state index in [1.54, 1.807) is 0 Å². The van der Waals surface area contributed by atoms with Crippen LogP contribution in [0.1, 0.15) is 39.1 Å². The van der Waals surface area contributed by atoms with Crippen LogP contribution in [0.5, 0.6) is 0 Å². The van der Waals surface area contributed by atoms with E-state index < -0.39 is 24.8 Å². The molecule has 1 unspecified atom stereocenters. The maximum absolute atomic E-state index is 8.35. The van der Waals surface area contributed by atoms with Gasteiger partial charge in [0.25, 0.3) is 0 Å². The highest BCUT2D eigenvalue weighted by Gasteiger charge is 2.17. The molecule has 1 aliphatic rings. The third kappa shape index (κ3) is 1.94. The summed E-state index contributed by atoms with van der Waals surface area (Å²) in [5.74, 6) is -1.78. The van der Waals surface area contributed by atoms with Gasteiger partial charge < -0.3 is 5.32 Å². The summed E-state index contributed by atoms with van der Waals surface area (Å²) in [5, 5.41) is 2.64. The predicted molar refractivity (Wildman–Crippen MR) is 61.0 cm³/mol. The fourth-order valence-electron chi connectivity index (χ4n) is 1.42. The Hall–Kier alpha value is -0.530. The number of fused-ring (bicyclic) bond motifs is 1. The van der Waals surface area contributed by atoms with Crippen LogP contribution in [0.4, 0.5) is 0 Å². The van der Waals surface area contributed by atoms with E-state index >= 15 is 0 Å². The fraction of sp³-hybridized carbons (Fsp3) is 0.500. The number of halogens is 1. The standard InChI is InChI=1S/C12H16ClN/c1-8-7-14-9(2)5-10-3-4-11(13)6-12(8)10/h3-4,6,8-9,14H,5,7H2,1-2H3/t8-,9?/m0/s1/i5D2,7D2,8D,9D. The summed E-state index contributed by atoms with van der Waals surface area (Å²) in [6, 6.07) is 2.41. The van der Waals surface area contributed by atoms with E-state index in [1.165, 1.54) is 32.0 Å². The third-order valence-corrected chi connectivity index (χ3v) is 2.38. The highest BCUT2D eigenvalue weighted by Crippen LogP contribution is 2.26. The largest absolute Gasteiger partial charge is 0.313 e. The fourth-order valence-corrected chi connectivity index (χ4v) is 1.60. The van der Waals surface area contributed by atoms with Crippen molar-refractivity contribution in [1.82, 2.24) is 5.32 Å². The van der Waals surface area contributed by atoms with Crippen molar-refractivity contribution in [3.8, 4) is 0 Å². The first-order valence-electron chi connectivity index (χ1n) is 7.43. The van der Waals surface area contributed by atoms with Gasteiger partial charge in [-0.1, -0.05) is 24.6 Å². The highest BCUT2D eigenvalue weighted by molar-refractivity contribution is 6.30. The number of benzene rings is 1. The molecule has 0 saturated carbocycles. The number of rotatable bonds is 0. The van der Waals surface area contributed by atoms with Gasteiger partial charge in [0.15, 0.2) is 0 Å². The Bertz CT molecular complexity index is 555. The van der Waals surface area contributed by atoms with Crippen LogP contribution in [-0.4, -0.2) is 12.5 Å². The molecule has 1 N–H and O–H groups in total. The van der Waals surface area contributed by atoms with E-state index in [0.717, 1.165) is 0 Å². The van der Waals surface area contributed by atoms with Crippen LogP contribution in [0, 0.1) is 0 Å². The van der Waals surface area contributed by atoms with E-state index in [-0.39, 0.29) is 11.1 Å². The molecule has 2 heteroatoms. The number of nitrogens with one attached hydrogen (secondary N) is 1. The average molecular weight is 216 g/mol. The molecule has 1 nitrogen and oxygen atoms in total. The lowest BCUT2D eigenvalue weighted by Gasteiger charge is -2.11. The molecule has 1 aromatic carbocycles. The minimum atomic E-state index is -2.28. The summed E-state index contributed by atoms with van der Waals surface area (Å²) < 4.78 is 49.0. The molecule has 1 aliphatic heterocycles.